The highest BCUT2D eigenvalue weighted by atomic mass is 32.2. The minimum Gasteiger partial charge on any atom is -0.349 e. The maximum atomic E-state index is 13.1. The number of sulfone groups is 1. The highest BCUT2D eigenvalue weighted by Crippen LogP contribution is 2.30. The van der Waals surface area contributed by atoms with Gasteiger partial charge in [0.1, 0.15) is 0 Å². The Morgan fingerprint density at radius 3 is 2.38 bits per heavy atom. The van der Waals surface area contributed by atoms with Crippen molar-refractivity contribution in [3.05, 3.63) is 24.3 Å². The Morgan fingerprint density at radius 1 is 1.04 bits per heavy atom. The van der Waals surface area contributed by atoms with Gasteiger partial charge in [0.25, 0.3) is 0 Å². The van der Waals surface area contributed by atoms with Crippen LogP contribution in [-0.2, 0) is 29.3 Å². The maximum Gasteiger partial charge on any atom is 0.243 e. The molecule has 0 saturated carbocycles. The first-order valence-corrected chi connectivity index (χ1v) is 11.2. The molecule has 7 nitrogen and oxygen atoms in total. The fourth-order valence-electron chi connectivity index (χ4n) is 3.10. The van der Waals surface area contributed by atoms with E-state index in [0.29, 0.717) is 26.2 Å². The second-order valence-corrected chi connectivity index (χ2v) is 9.94. The van der Waals surface area contributed by atoms with Crippen LogP contribution < -0.4 is 0 Å². The number of hydrogen-bond acceptors (Lipinski definition) is 6. The van der Waals surface area contributed by atoms with E-state index in [2.05, 4.69) is 0 Å². The van der Waals surface area contributed by atoms with Crippen LogP contribution in [0.5, 0.6) is 0 Å². The van der Waals surface area contributed by atoms with Crippen LogP contribution in [0.25, 0.3) is 0 Å². The number of sulfonamides is 1. The standard InChI is InChI=1S/C15H21NO6S2/c1-23(17,18)12-5-4-6-13(11-12)24(19,20)16-8-3-2-7-14(16)15-21-9-10-22-15/h4-6,11,14-15H,2-3,7-10H2,1H3/t14-/m0/s1. The smallest absolute Gasteiger partial charge is 0.243 e. The molecule has 1 atom stereocenters. The molecule has 2 saturated heterocycles. The minimum absolute atomic E-state index is 0.00880. The highest BCUT2D eigenvalue weighted by molar-refractivity contribution is 7.91. The molecule has 2 heterocycles. The second kappa shape index (κ2) is 6.72. The minimum atomic E-state index is -3.82. The van der Waals surface area contributed by atoms with Crippen LogP contribution in [0.15, 0.2) is 34.1 Å². The van der Waals surface area contributed by atoms with Gasteiger partial charge in [0.2, 0.25) is 10.0 Å². The summed E-state index contributed by atoms with van der Waals surface area (Å²) < 4.78 is 61.9. The maximum absolute atomic E-state index is 13.1. The number of ether oxygens (including phenoxy) is 2. The summed E-state index contributed by atoms with van der Waals surface area (Å²) in [5.74, 6) is 0. The van der Waals surface area contributed by atoms with Crippen LogP contribution in [0.2, 0.25) is 0 Å². The summed E-state index contributed by atoms with van der Waals surface area (Å²) in [7, 11) is -7.30. The molecule has 0 unspecified atom stereocenters. The van der Waals surface area contributed by atoms with Gasteiger partial charge in [-0.25, -0.2) is 16.8 Å². The average Bonchev–Trinajstić information content (AvgIpc) is 3.08. The van der Waals surface area contributed by atoms with E-state index in [0.717, 1.165) is 19.1 Å². The van der Waals surface area contributed by atoms with Gasteiger partial charge in [-0.2, -0.15) is 4.31 Å². The van der Waals surface area contributed by atoms with Crippen LogP contribution in [0.1, 0.15) is 19.3 Å². The zero-order valence-electron chi connectivity index (χ0n) is 13.4. The van der Waals surface area contributed by atoms with E-state index in [9.17, 15) is 16.8 Å². The SMILES string of the molecule is CS(=O)(=O)c1cccc(S(=O)(=O)N2CCCC[C@H]2C2OCCO2)c1. The molecule has 134 valence electrons. The number of benzene rings is 1. The Morgan fingerprint density at radius 2 is 1.71 bits per heavy atom. The van der Waals surface area contributed by atoms with Crippen molar-refractivity contribution in [1.82, 2.24) is 4.31 Å². The number of hydrogen-bond donors (Lipinski definition) is 0. The predicted octanol–water partition coefficient (Wildman–Crippen LogP) is 1.01. The first kappa shape index (κ1) is 17.8. The van der Waals surface area contributed by atoms with Gasteiger partial charge in [-0.15, -0.1) is 0 Å². The van der Waals surface area contributed by atoms with E-state index < -0.39 is 26.2 Å². The van der Waals surface area contributed by atoms with Crippen LogP contribution in [-0.4, -0.2) is 59.5 Å². The Hall–Kier alpha value is -1.00. The zero-order valence-corrected chi connectivity index (χ0v) is 15.1. The Kier molecular flexibility index (Phi) is 4.99. The van der Waals surface area contributed by atoms with E-state index >= 15 is 0 Å². The Labute approximate surface area is 142 Å². The first-order chi connectivity index (χ1) is 11.3. The Bertz CT molecular complexity index is 799. The van der Waals surface area contributed by atoms with Gasteiger partial charge in [-0.3, -0.25) is 0 Å². The third kappa shape index (κ3) is 3.50. The summed E-state index contributed by atoms with van der Waals surface area (Å²) in [6, 6.07) is 5.10. The van der Waals surface area contributed by atoms with Gasteiger partial charge in [-0.1, -0.05) is 12.5 Å². The van der Waals surface area contributed by atoms with E-state index in [4.69, 9.17) is 9.47 Å². The van der Waals surface area contributed by atoms with Crippen LogP contribution >= 0.6 is 0 Å². The largest absolute Gasteiger partial charge is 0.349 e. The molecule has 2 aliphatic rings. The number of piperidine rings is 1. The van der Waals surface area contributed by atoms with E-state index in [-0.39, 0.29) is 15.8 Å². The van der Waals surface area contributed by atoms with Crippen molar-refractivity contribution >= 4 is 19.9 Å². The molecule has 0 amide bonds. The molecule has 0 aliphatic carbocycles. The van der Waals surface area contributed by atoms with Gasteiger partial charge < -0.3 is 9.47 Å². The third-order valence-corrected chi connectivity index (χ3v) is 7.33. The fourth-order valence-corrected chi connectivity index (χ4v) is 5.57. The summed E-state index contributed by atoms with van der Waals surface area (Å²) in [4.78, 5) is -0.0270. The molecule has 2 aliphatic heterocycles. The van der Waals surface area contributed by atoms with Crippen molar-refractivity contribution in [2.75, 3.05) is 26.0 Å². The van der Waals surface area contributed by atoms with Crippen LogP contribution in [0.3, 0.4) is 0 Å². The molecule has 24 heavy (non-hydrogen) atoms. The molecule has 0 aromatic heterocycles. The molecular formula is C15H21NO6S2. The number of nitrogens with zero attached hydrogens (tertiary/aromatic N) is 1. The first-order valence-electron chi connectivity index (χ1n) is 7.85. The van der Waals surface area contributed by atoms with Crippen molar-refractivity contribution in [3.8, 4) is 0 Å². The fraction of sp³-hybridized carbons (Fsp3) is 0.600. The molecule has 1 aromatic carbocycles. The van der Waals surface area contributed by atoms with Gasteiger partial charge >= 0.3 is 0 Å². The van der Waals surface area contributed by atoms with Gasteiger partial charge in [0.15, 0.2) is 16.1 Å². The van der Waals surface area contributed by atoms with E-state index in [1.807, 2.05) is 0 Å². The lowest BCUT2D eigenvalue weighted by atomic mass is 10.0. The predicted molar refractivity (Wildman–Crippen MR) is 86.8 cm³/mol. The van der Waals surface area contributed by atoms with Crippen LogP contribution in [0.4, 0.5) is 0 Å². The summed E-state index contributed by atoms with van der Waals surface area (Å²) in [5, 5.41) is 0. The average molecular weight is 375 g/mol. The molecule has 2 fully saturated rings. The zero-order chi connectivity index (χ0) is 17.4. The third-order valence-electron chi connectivity index (χ3n) is 4.30. The van der Waals surface area contributed by atoms with E-state index in [1.54, 1.807) is 0 Å². The lowest BCUT2D eigenvalue weighted by Crippen LogP contribution is -2.50. The molecule has 9 heteroatoms. The molecule has 1 aromatic rings. The summed E-state index contributed by atoms with van der Waals surface area (Å²) in [6.45, 7) is 1.29. The van der Waals surface area contributed by atoms with Crippen molar-refractivity contribution in [1.29, 1.82) is 0 Å². The summed E-state index contributed by atoms with van der Waals surface area (Å²) in [5.41, 5.74) is 0. The molecule has 0 N–H and O–H groups in total. The van der Waals surface area contributed by atoms with Crippen LogP contribution in [0, 0.1) is 0 Å². The normalized spacial score (nSPS) is 24.3. The lowest BCUT2D eigenvalue weighted by Gasteiger charge is -2.36. The number of rotatable bonds is 4. The molecule has 3 rings (SSSR count). The van der Waals surface area contributed by atoms with Crippen molar-refractivity contribution in [2.45, 2.75) is 41.4 Å². The highest BCUT2D eigenvalue weighted by Gasteiger charge is 2.40. The second-order valence-electron chi connectivity index (χ2n) is 6.04. The summed E-state index contributed by atoms with van der Waals surface area (Å²) >= 11 is 0. The Balaban J connectivity index is 1.96. The lowest BCUT2D eigenvalue weighted by molar-refractivity contribution is -0.0913. The van der Waals surface area contributed by atoms with Crippen molar-refractivity contribution in [2.24, 2.45) is 0 Å². The molecular weight excluding hydrogens is 354 g/mol. The molecule has 0 spiro atoms. The van der Waals surface area contributed by atoms with Crippen molar-refractivity contribution in [3.63, 3.8) is 0 Å². The molecule has 0 bridgehead atoms. The van der Waals surface area contributed by atoms with E-state index in [1.165, 1.54) is 28.6 Å². The van der Waals surface area contributed by atoms with Crippen molar-refractivity contribution < 1.29 is 26.3 Å². The molecule has 0 radical (unpaired) electrons. The quantitative estimate of drug-likeness (QED) is 0.780. The topological polar surface area (TPSA) is 90.0 Å². The van der Waals surface area contributed by atoms with Gasteiger partial charge in [0, 0.05) is 12.8 Å². The van der Waals surface area contributed by atoms with Gasteiger partial charge in [0.05, 0.1) is 29.0 Å². The summed E-state index contributed by atoms with van der Waals surface area (Å²) in [6.07, 6.45) is 2.83. The van der Waals surface area contributed by atoms with Gasteiger partial charge in [-0.05, 0) is 31.0 Å². The monoisotopic (exact) mass is 375 g/mol.